The smallest absolute Gasteiger partial charge is 0.213 e. The maximum absolute atomic E-state index is 13.3. The van der Waals surface area contributed by atoms with Gasteiger partial charge >= 0.3 is 0 Å². The van der Waals surface area contributed by atoms with E-state index in [-0.39, 0.29) is 11.8 Å². The van der Waals surface area contributed by atoms with Gasteiger partial charge < -0.3 is 4.74 Å². The first-order valence-corrected chi connectivity index (χ1v) is 8.73. The minimum Gasteiger partial charge on any atom is -0.367 e. The van der Waals surface area contributed by atoms with Gasteiger partial charge in [0.25, 0.3) is 0 Å². The molecule has 4 nitrogen and oxygen atoms in total. The largest absolute Gasteiger partial charge is 0.367 e. The van der Waals surface area contributed by atoms with Crippen LogP contribution >= 0.6 is 15.9 Å². The van der Waals surface area contributed by atoms with Crippen LogP contribution in [-0.4, -0.2) is 27.8 Å². The van der Waals surface area contributed by atoms with E-state index >= 15 is 0 Å². The lowest BCUT2D eigenvalue weighted by Gasteiger charge is -2.31. The molecule has 1 fully saturated rings. The molecule has 0 unspecified atom stereocenters. The van der Waals surface area contributed by atoms with E-state index in [9.17, 15) is 4.79 Å². The Morgan fingerprint density at radius 1 is 1.38 bits per heavy atom. The number of carbonyl (C=O) groups excluding carboxylic acids is 1. The summed E-state index contributed by atoms with van der Waals surface area (Å²) in [6, 6.07) is 0.153. The molecule has 0 atom stereocenters. The minimum absolute atomic E-state index is 0.0873. The topological polar surface area (TPSA) is 44.1 Å². The summed E-state index contributed by atoms with van der Waals surface area (Å²) in [4.78, 5) is 13.3. The fourth-order valence-electron chi connectivity index (χ4n) is 3.17. The molecule has 2 rings (SSSR count). The zero-order valence-corrected chi connectivity index (χ0v) is 14.8. The third kappa shape index (κ3) is 3.39. The van der Waals surface area contributed by atoms with Crippen molar-refractivity contribution in [3.8, 4) is 0 Å². The van der Waals surface area contributed by atoms with Crippen LogP contribution in [0.5, 0.6) is 0 Å². The van der Waals surface area contributed by atoms with E-state index in [0.717, 1.165) is 30.2 Å². The molecule has 0 N–H and O–H groups in total. The summed E-state index contributed by atoms with van der Waals surface area (Å²) < 4.78 is 8.59. The molecule has 0 bridgehead atoms. The highest BCUT2D eigenvalue weighted by molar-refractivity contribution is 9.10. The van der Waals surface area contributed by atoms with Crippen molar-refractivity contribution in [3.05, 3.63) is 16.4 Å². The number of halogens is 1. The average molecular weight is 357 g/mol. The van der Waals surface area contributed by atoms with Gasteiger partial charge in [-0.25, -0.2) is 0 Å². The quantitative estimate of drug-likeness (QED) is 0.574. The van der Waals surface area contributed by atoms with E-state index in [1.807, 2.05) is 20.8 Å². The van der Waals surface area contributed by atoms with Gasteiger partial charge in [-0.2, -0.15) is 5.10 Å². The molecule has 0 saturated heterocycles. The Morgan fingerprint density at radius 3 is 2.52 bits per heavy atom. The van der Waals surface area contributed by atoms with E-state index in [0.29, 0.717) is 12.3 Å². The summed E-state index contributed by atoms with van der Waals surface area (Å²) in [5.41, 5.74) is -0.0131. The molecule has 118 valence electrons. The molecule has 0 radical (unpaired) electrons. The van der Waals surface area contributed by atoms with Gasteiger partial charge in [0.05, 0.1) is 10.7 Å². The molecule has 1 heterocycles. The number of nitrogens with zero attached hydrogens (tertiary/aromatic N) is 2. The van der Waals surface area contributed by atoms with Crippen molar-refractivity contribution in [2.75, 3.05) is 6.61 Å². The highest BCUT2D eigenvalue weighted by Crippen LogP contribution is 2.35. The molecule has 0 spiro atoms. The monoisotopic (exact) mass is 356 g/mol. The Kier molecular flexibility index (Phi) is 5.60. The Morgan fingerprint density at radius 2 is 2.00 bits per heavy atom. The van der Waals surface area contributed by atoms with E-state index in [1.165, 1.54) is 12.8 Å². The molecule has 0 aromatic carbocycles. The van der Waals surface area contributed by atoms with Gasteiger partial charge in [-0.1, -0.05) is 25.7 Å². The van der Waals surface area contributed by atoms with Gasteiger partial charge in [0.15, 0.2) is 0 Å². The molecule has 1 saturated carbocycles. The third-order valence-corrected chi connectivity index (χ3v) is 4.78. The van der Waals surface area contributed by atoms with Crippen LogP contribution in [0.15, 0.2) is 10.7 Å². The summed E-state index contributed by atoms with van der Waals surface area (Å²) in [7, 11) is 0. The summed E-state index contributed by atoms with van der Waals surface area (Å²) >= 11 is 3.49. The van der Waals surface area contributed by atoms with Crippen molar-refractivity contribution in [1.82, 2.24) is 9.78 Å². The SMILES string of the molecule is CCOC1(C(=O)c2c(Br)cnn2C(C)C)CCCCCC1. The van der Waals surface area contributed by atoms with Crippen molar-refractivity contribution in [1.29, 1.82) is 0 Å². The van der Waals surface area contributed by atoms with Crippen LogP contribution in [0.4, 0.5) is 0 Å². The summed E-state index contributed by atoms with van der Waals surface area (Å²) in [5.74, 6) is 0.0873. The predicted octanol–water partition coefficient (Wildman–Crippen LogP) is 4.54. The molecule has 1 aliphatic carbocycles. The molecule has 1 aromatic heterocycles. The second kappa shape index (κ2) is 7.05. The minimum atomic E-state index is -0.666. The Balaban J connectivity index is 2.40. The zero-order valence-electron chi connectivity index (χ0n) is 13.2. The normalized spacial score (nSPS) is 18.7. The lowest BCUT2D eigenvalue weighted by molar-refractivity contribution is -0.0300. The lowest BCUT2D eigenvalue weighted by atomic mass is 9.87. The fourth-order valence-corrected chi connectivity index (χ4v) is 3.63. The van der Waals surface area contributed by atoms with Crippen LogP contribution < -0.4 is 0 Å². The van der Waals surface area contributed by atoms with Gasteiger partial charge in [0.2, 0.25) is 5.78 Å². The maximum atomic E-state index is 13.3. The first kappa shape index (κ1) is 16.7. The number of ether oxygens (including phenoxy) is 1. The number of ketones is 1. The van der Waals surface area contributed by atoms with Gasteiger partial charge in [0.1, 0.15) is 11.3 Å². The van der Waals surface area contributed by atoms with Gasteiger partial charge in [-0.05, 0) is 49.5 Å². The summed E-state index contributed by atoms with van der Waals surface area (Å²) in [6.07, 6.45) is 7.83. The van der Waals surface area contributed by atoms with E-state index in [4.69, 9.17) is 4.74 Å². The van der Waals surface area contributed by atoms with E-state index in [1.54, 1.807) is 10.9 Å². The Labute approximate surface area is 135 Å². The molecule has 5 heteroatoms. The molecule has 1 aromatic rings. The number of aromatic nitrogens is 2. The highest BCUT2D eigenvalue weighted by atomic mass is 79.9. The molecule has 0 aliphatic heterocycles. The number of rotatable bonds is 5. The zero-order chi connectivity index (χ0) is 15.5. The highest BCUT2D eigenvalue weighted by Gasteiger charge is 2.42. The molecular weight excluding hydrogens is 332 g/mol. The molecule has 1 aliphatic rings. The van der Waals surface area contributed by atoms with Crippen LogP contribution in [0.2, 0.25) is 0 Å². The van der Waals surface area contributed by atoms with Crippen molar-refractivity contribution in [2.24, 2.45) is 0 Å². The first-order chi connectivity index (χ1) is 10.0. The van der Waals surface area contributed by atoms with Gasteiger partial charge in [-0.15, -0.1) is 0 Å². The first-order valence-electron chi connectivity index (χ1n) is 7.93. The maximum Gasteiger partial charge on any atom is 0.213 e. The van der Waals surface area contributed by atoms with Crippen LogP contribution in [0, 0.1) is 0 Å². The summed E-state index contributed by atoms with van der Waals surface area (Å²) in [6.45, 7) is 6.61. The number of carbonyl (C=O) groups is 1. The average Bonchev–Trinajstić information content (AvgIpc) is 2.68. The lowest BCUT2D eigenvalue weighted by Crippen LogP contribution is -2.42. The van der Waals surface area contributed by atoms with Crippen LogP contribution in [0.25, 0.3) is 0 Å². The van der Waals surface area contributed by atoms with E-state index in [2.05, 4.69) is 21.0 Å². The van der Waals surface area contributed by atoms with Gasteiger partial charge in [-0.3, -0.25) is 9.48 Å². The van der Waals surface area contributed by atoms with Crippen molar-refractivity contribution >= 4 is 21.7 Å². The number of hydrogen-bond acceptors (Lipinski definition) is 3. The standard InChI is InChI=1S/C16H25BrN2O2/c1-4-21-16(9-7-5-6-8-10-16)15(20)14-13(17)11-18-19(14)12(2)3/h11-12H,4-10H2,1-3H3. The van der Waals surface area contributed by atoms with Crippen LogP contribution in [-0.2, 0) is 4.74 Å². The van der Waals surface area contributed by atoms with Crippen molar-refractivity contribution in [2.45, 2.75) is 70.9 Å². The predicted molar refractivity (Wildman–Crippen MR) is 86.7 cm³/mol. The molecular formula is C16H25BrN2O2. The van der Waals surface area contributed by atoms with Crippen molar-refractivity contribution < 1.29 is 9.53 Å². The fraction of sp³-hybridized carbons (Fsp3) is 0.750. The summed E-state index contributed by atoms with van der Waals surface area (Å²) in [5, 5.41) is 4.34. The van der Waals surface area contributed by atoms with Crippen LogP contribution in [0.3, 0.4) is 0 Å². The van der Waals surface area contributed by atoms with Crippen molar-refractivity contribution in [3.63, 3.8) is 0 Å². The number of hydrogen-bond donors (Lipinski definition) is 0. The van der Waals surface area contributed by atoms with Crippen LogP contribution in [0.1, 0.15) is 75.8 Å². The third-order valence-electron chi connectivity index (χ3n) is 4.20. The number of Topliss-reactive ketones (excluding diaryl/α,β-unsaturated/α-hetero) is 1. The van der Waals surface area contributed by atoms with E-state index < -0.39 is 5.60 Å². The Hall–Kier alpha value is -0.680. The van der Waals surface area contributed by atoms with Gasteiger partial charge in [0, 0.05) is 12.6 Å². The Bertz CT molecular complexity index is 488. The second-order valence-corrected chi connectivity index (χ2v) is 6.90. The molecule has 0 amide bonds. The molecule has 21 heavy (non-hydrogen) atoms. The second-order valence-electron chi connectivity index (χ2n) is 6.05.